The Morgan fingerprint density at radius 1 is 1.33 bits per heavy atom. The number of fused-ring (bicyclic) bond motifs is 1. The fourth-order valence-corrected chi connectivity index (χ4v) is 1.20. The molecule has 1 aromatic rings. The molecular formula is C9H9N3. The highest BCUT2D eigenvalue weighted by atomic mass is 15.4. The molecule has 0 aliphatic carbocycles. The zero-order chi connectivity index (χ0) is 8.39. The molecule has 1 N–H and O–H groups in total. The Kier molecular flexibility index (Phi) is 1.63. The van der Waals surface area contributed by atoms with E-state index in [-0.39, 0.29) is 0 Å². The van der Waals surface area contributed by atoms with Crippen molar-refractivity contribution in [1.82, 2.24) is 0 Å². The number of benzene rings is 1. The van der Waals surface area contributed by atoms with Crippen LogP contribution in [0.4, 0.5) is 5.69 Å². The van der Waals surface area contributed by atoms with Gasteiger partial charge in [-0.3, -0.25) is 5.43 Å². The Morgan fingerprint density at radius 3 is 3.00 bits per heavy atom. The minimum absolute atomic E-state index is 0.921. The van der Waals surface area contributed by atoms with E-state index in [1.54, 1.807) is 0 Å². The fraction of sp³-hybridized carbons (Fsp3) is 0.111. The van der Waals surface area contributed by atoms with Gasteiger partial charge in [-0.05, 0) is 13.0 Å². The van der Waals surface area contributed by atoms with Gasteiger partial charge in [-0.2, -0.15) is 0 Å². The molecule has 0 saturated carbocycles. The highest BCUT2D eigenvalue weighted by molar-refractivity contribution is 5.76. The molecule has 0 spiro atoms. The van der Waals surface area contributed by atoms with Crippen LogP contribution in [0.15, 0.2) is 40.7 Å². The van der Waals surface area contributed by atoms with Gasteiger partial charge in [0.25, 0.3) is 0 Å². The van der Waals surface area contributed by atoms with Crippen molar-refractivity contribution >= 4 is 11.4 Å². The summed E-state index contributed by atoms with van der Waals surface area (Å²) in [5.74, 6) is 0. The zero-order valence-corrected chi connectivity index (χ0v) is 6.78. The monoisotopic (exact) mass is 159 g/mol. The standard InChI is InChI=1S/C9H9N3/c1-2-8-7-5-3-4-6-9(7)11-12-10-8/h2-6H,1H3,(H,10,11). The van der Waals surface area contributed by atoms with Crippen LogP contribution in [0.5, 0.6) is 0 Å². The van der Waals surface area contributed by atoms with E-state index in [1.165, 1.54) is 0 Å². The molecule has 1 aliphatic rings. The summed E-state index contributed by atoms with van der Waals surface area (Å²) in [4.78, 5) is 0. The van der Waals surface area contributed by atoms with Crippen molar-refractivity contribution in [1.29, 1.82) is 0 Å². The van der Waals surface area contributed by atoms with E-state index in [4.69, 9.17) is 0 Å². The van der Waals surface area contributed by atoms with Crippen molar-refractivity contribution in [2.45, 2.75) is 6.92 Å². The van der Waals surface area contributed by atoms with Crippen molar-refractivity contribution in [3.63, 3.8) is 0 Å². The molecule has 1 heterocycles. The molecule has 0 atom stereocenters. The van der Waals surface area contributed by atoms with Crippen molar-refractivity contribution in [2.75, 3.05) is 5.43 Å². The van der Waals surface area contributed by atoms with E-state index in [9.17, 15) is 0 Å². The highest BCUT2D eigenvalue weighted by Crippen LogP contribution is 2.28. The average molecular weight is 159 g/mol. The van der Waals surface area contributed by atoms with Gasteiger partial charge >= 0.3 is 0 Å². The largest absolute Gasteiger partial charge is 0.259 e. The van der Waals surface area contributed by atoms with Crippen LogP contribution in [0.2, 0.25) is 0 Å². The molecule has 1 aliphatic heterocycles. The molecule has 1 aromatic carbocycles. The van der Waals surface area contributed by atoms with Crippen LogP contribution >= 0.6 is 0 Å². The smallest absolute Gasteiger partial charge is 0.0925 e. The SMILES string of the molecule is CC=C1N=NNc2ccccc21. The second kappa shape index (κ2) is 2.77. The Hall–Kier alpha value is -1.64. The van der Waals surface area contributed by atoms with Gasteiger partial charge in [0.15, 0.2) is 0 Å². The molecule has 0 radical (unpaired) electrons. The predicted molar refractivity (Wildman–Crippen MR) is 48.6 cm³/mol. The summed E-state index contributed by atoms with van der Waals surface area (Å²) in [5, 5.41) is 7.74. The molecule has 0 fully saturated rings. The zero-order valence-electron chi connectivity index (χ0n) is 6.78. The van der Waals surface area contributed by atoms with Crippen LogP contribution in [0.25, 0.3) is 5.70 Å². The third-order valence-corrected chi connectivity index (χ3v) is 1.80. The normalized spacial score (nSPS) is 17.2. The topological polar surface area (TPSA) is 36.8 Å². The molecular weight excluding hydrogens is 150 g/mol. The molecule has 0 saturated heterocycles. The summed E-state index contributed by atoms with van der Waals surface area (Å²) in [5.41, 5.74) is 5.89. The Balaban J connectivity index is 2.58. The number of hydrogen-bond donors (Lipinski definition) is 1. The van der Waals surface area contributed by atoms with Gasteiger partial charge < -0.3 is 0 Å². The summed E-state index contributed by atoms with van der Waals surface area (Å²) in [7, 11) is 0. The van der Waals surface area contributed by atoms with Crippen LogP contribution in [-0.4, -0.2) is 0 Å². The maximum atomic E-state index is 3.96. The van der Waals surface area contributed by atoms with Crippen LogP contribution in [0, 0.1) is 0 Å². The first-order valence-electron chi connectivity index (χ1n) is 3.84. The van der Waals surface area contributed by atoms with Crippen LogP contribution in [-0.2, 0) is 0 Å². The number of allylic oxidation sites excluding steroid dienone is 1. The van der Waals surface area contributed by atoms with Crippen molar-refractivity contribution in [3.05, 3.63) is 35.9 Å². The van der Waals surface area contributed by atoms with Crippen molar-refractivity contribution < 1.29 is 0 Å². The number of hydrogen-bond acceptors (Lipinski definition) is 3. The van der Waals surface area contributed by atoms with Crippen molar-refractivity contribution in [3.8, 4) is 0 Å². The first kappa shape index (κ1) is 7.03. The van der Waals surface area contributed by atoms with Gasteiger partial charge in [-0.15, -0.1) is 5.11 Å². The molecule has 3 heteroatoms. The average Bonchev–Trinajstić information content (AvgIpc) is 2.17. The number of nitrogens with one attached hydrogen (secondary N) is 1. The van der Waals surface area contributed by atoms with E-state index >= 15 is 0 Å². The van der Waals surface area contributed by atoms with E-state index in [0.717, 1.165) is 16.9 Å². The van der Waals surface area contributed by atoms with E-state index in [2.05, 4.69) is 15.8 Å². The number of anilines is 1. The molecule has 60 valence electrons. The highest BCUT2D eigenvalue weighted by Gasteiger charge is 2.08. The van der Waals surface area contributed by atoms with Crippen LogP contribution in [0.1, 0.15) is 12.5 Å². The summed E-state index contributed by atoms with van der Waals surface area (Å²) in [6, 6.07) is 7.97. The van der Waals surface area contributed by atoms with Gasteiger partial charge in [0.05, 0.1) is 11.4 Å². The third kappa shape index (κ3) is 0.993. The van der Waals surface area contributed by atoms with Gasteiger partial charge in [-0.1, -0.05) is 29.5 Å². The lowest BCUT2D eigenvalue weighted by Crippen LogP contribution is -1.97. The maximum Gasteiger partial charge on any atom is 0.0925 e. The van der Waals surface area contributed by atoms with Crippen LogP contribution in [0.3, 0.4) is 0 Å². The van der Waals surface area contributed by atoms with Gasteiger partial charge in [-0.25, -0.2) is 0 Å². The van der Waals surface area contributed by atoms with Gasteiger partial charge in [0, 0.05) is 5.56 Å². The van der Waals surface area contributed by atoms with Gasteiger partial charge in [0.2, 0.25) is 0 Å². The quantitative estimate of drug-likeness (QED) is 0.620. The van der Waals surface area contributed by atoms with E-state index in [1.807, 2.05) is 37.3 Å². The second-order valence-corrected chi connectivity index (χ2v) is 2.53. The minimum Gasteiger partial charge on any atom is -0.259 e. The van der Waals surface area contributed by atoms with Gasteiger partial charge in [0.1, 0.15) is 0 Å². The Bertz CT molecular complexity index is 353. The summed E-state index contributed by atoms with van der Waals surface area (Å²) >= 11 is 0. The molecule has 0 amide bonds. The van der Waals surface area contributed by atoms with Crippen molar-refractivity contribution in [2.24, 2.45) is 10.3 Å². The lowest BCUT2D eigenvalue weighted by Gasteiger charge is -2.11. The first-order valence-corrected chi connectivity index (χ1v) is 3.84. The number of para-hydroxylation sites is 1. The first-order chi connectivity index (χ1) is 5.92. The number of rotatable bonds is 0. The fourth-order valence-electron chi connectivity index (χ4n) is 1.20. The number of nitrogens with zero attached hydrogens (tertiary/aromatic N) is 2. The summed E-state index contributed by atoms with van der Waals surface area (Å²) in [6.07, 6.45) is 1.95. The summed E-state index contributed by atoms with van der Waals surface area (Å²) in [6.45, 7) is 1.95. The summed E-state index contributed by atoms with van der Waals surface area (Å²) < 4.78 is 0. The molecule has 3 nitrogen and oxygen atoms in total. The Morgan fingerprint density at radius 2 is 2.17 bits per heavy atom. The third-order valence-electron chi connectivity index (χ3n) is 1.80. The van der Waals surface area contributed by atoms with Crippen LogP contribution < -0.4 is 5.43 Å². The predicted octanol–water partition coefficient (Wildman–Crippen LogP) is 2.84. The Labute approximate surface area is 70.8 Å². The molecule has 2 rings (SSSR count). The minimum atomic E-state index is 0.921. The second-order valence-electron chi connectivity index (χ2n) is 2.53. The molecule has 0 aromatic heterocycles. The lowest BCUT2D eigenvalue weighted by molar-refractivity contribution is 1.10. The molecule has 12 heavy (non-hydrogen) atoms. The molecule has 0 bridgehead atoms. The van der Waals surface area contributed by atoms with E-state index < -0.39 is 0 Å². The molecule has 0 unspecified atom stereocenters. The maximum absolute atomic E-state index is 3.96. The lowest BCUT2D eigenvalue weighted by atomic mass is 10.1. The van der Waals surface area contributed by atoms with E-state index in [0.29, 0.717) is 0 Å².